The van der Waals surface area contributed by atoms with Crippen molar-refractivity contribution >= 4 is 23.6 Å². The number of rotatable bonds is 6. The molecular weight excluding hydrogens is 408 g/mol. The maximum absolute atomic E-state index is 12.4. The summed E-state index contributed by atoms with van der Waals surface area (Å²) in [5.74, 6) is 1.95. The third-order valence-electron chi connectivity index (χ3n) is 5.77. The molecule has 9 heteroatoms. The van der Waals surface area contributed by atoms with Crippen LogP contribution in [0.4, 0.5) is 10.5 Å². The predicted octanol–water partition coefficient (Wildman–Crippen LogP) is 2.62. The Hall–Kier alpha value is -4.01. The van der Waals surface area contributed by atoms with Gasteiger partial charge in [-0.25, -0.2) is 9.79 Å². The van der Waals surface area contributed by atoms with Crippen molar-refractivity contribution in [1.82, 2.24) is 20.0 Å². The van der Waals surface area contributed by atoms with Gasteiger partial charge < -0.3 is 24.8 Å². The lowest BCUT2D eigenvalue weighted by Gasteiger charge is -2.34. The number of allylic oxidation sites excluding steroid dienone is 1. The molecule has 5 rings (SSSR count). The van der Waals surface area contributed by atoms with Crippen LogP contribution in [0.25, 0.3) is 0 Å². The highest BCUT2D eigenvalue weighted by molar-refractivity contribution is 6.04. The van der Waals surface area contributed by atoms with Crippen molar-refractivity contribution in [3.05, 3.63) is 66.5 Å². The Morgan fingerprint density at radius 3 is 2.53 bits per heavy atom. The number of guanidine groups is 1. The molecule has 3 aliphatic heterocycles. The molecule has 3 heterocycles. The van der Waals surface area contributed by atoms with Gasteiger partial charge in [0.2, 0.25) is 5.96 Å². The molecule has 32 heavy (non-hydrogen) atoms. The molecule has 3 aliphatic rings. The van der Waals surface area contributed by atoms with Gasteiger partial charge in [-0.05, 0) is 43.3 Å². The predicted molar refractivity (Wildman–Crippen MR) is 120 cm³/mol. The van der Waals surface area contributed by atoms with Crippen molar-refractivity contribution in [2.75, 3.05) is 25.5 Å². The highest BCUT2D eigenvalue weighted by atomic mass is 16.5. The topological polar surface area (TPSA) is 89.5 Å². The van der Waals surface area contributed by atoms with Gasteiger partial charge in [0.05, 0.1) is 0 Å². The molecular formula is C23H24N6O3. The molecule has 0 aromatic heterocycles. The fourth-order valence-corrected chi connectivity index (χ4v) is 4.10. The van der Waals surface area contributed by atoms with Crippen LogP contribution in [0, 0.1) is 0 Å². The number of nitrogens with zero attached hydrogens (tertiary/aromatic N) is 4. The fraction of sp³-hybridized carbons (Fsp3) is 0.261. The van der Waals surface area contributed by atoms with E-state index in [4.69, 9.17) is 4.74 Å². The Labute approximate surface area is 186 Å². The quantitative estimate of drug-likeness (QED) is 0.730. The maximum Gasteiger partial charge on any atom is 0.325 e. The van der Waals surface area contributed by atoms with Crippen molar-refractivity contribution in [2.45, 2.75) is 19.1 Å². The molecule has 9 nitrogen and oxygen atoms in total. The van der Waals surface area contributed by atoms with Crippen LogP contribution in [-0.4, -0.2) is 64.9 Å². The van der Waals surface area contributed by atoms with Gasteiger partial charge in [-0.2, -0.15) is 0 Å². The first-order valence-electron chi connectivity index (χ1n) is 10.5. The van der Waals surface area contributed by atoms with Crippen LogP contribution in [0.1, 0.15) is 6.92 Å². The first-order chi connectivity index (χ1) is 15.5. The lowest BCUT2D eigenvalue weighted by molar-refractivity contribution is -0.126. The normalized spacial score (nSPS) is 21.6. The summed E-state index contributed by atoms with van der Waals surface area (Å²) < 4.78 is 5.83. The van der Waals surface area contributed by atoms with E-state index in [9.17, 15) is 9.59 Å². The number of amides is 3. The molecule has 164 valence electrons. The number of fused-ring (bicyclic) bond motifs is 3. The van der Waals surface area contributed by atoms with E-state index in [2.05, 4.69) is 20.5 Å². The molecule has 2 aromatic rings. The van der Waals surface area contributed by atoms with E-state index < -0.39 is 18.2 Å². The smallest absolute Gasteiger partial charge is 0.325 e. The SMILES string of the molecule is CC1=CN2C(=NC3C2C(=O)NC(=O)N3C)N1CCNc1ccc(Oc2ccccc2)cc1. The van der Waals surface area contributed by atoms with Crippen LogP contribution in [0.2, 0.25) is 0 Å². The molecule has 0 aliphatic carbocycles. The number of carbonyl (C=O) groups is 2. The Morgan fingerprint density at radius 2 is 1.78 bits per heavy atom. The minimum Gasteiger partial charge on any atom is -0.457 e. The zero-order valence-corrected chi connectivity index (χ0v) is 17.9. The standard InChI is InChI=1S/C23H24N6O3/c1-15-14-29-19-20(27(2)23(31)26-21(19)30)25-22(29)28(15)13-12-24-16-8-10-18(11-9-16)32-17-6-4-3-5-7-17/h3-11,14,19-20,24H,12-13H2,1-2H3,(H,26,30,31). The highest BCUT2D eigenvalue weighted by Crippen LogP contribution is 2.31. The lowest BCUT2D eigenvalue weighted by atomic mass is 10.1. The molecule has 1 saturated heterocycles. The number of hydrogen-bond donors (Lipinski definition) is 2. The van der Waals surface area contributed by atoms with Crippen molar-refractivity contribution in [3.8, 4) is 11.5 Å². The molecule has 0 spiro atoms. The van der Waals surface area contributed by atoms with Gasteiger partial charge in [0, 0.05) is 37.7 Å². The Morgan fingerprint density at radius 1 is 1.06 bits per heavy atom. The summed E-state index contributed by atoms with van der Waals surface area (Å²) in [5, 5.41) is 5.80. The van der Waals surface area contributed by atoms with E-state index in [1.54, 1.807) is 7.05 Å². The summed E-state index contributed by atoms with van der Waals surface area (Å²) in [6.45, 7) is 3.33. The number of imide groups is 1. The minimum absolute atomic E-state index is 0.321. The van der Waals surface area contributed by atoms with Crippen LogP contribution < -0.4 is 15.4 Å². The number of urea groups is 1. The van der Waals surface area contributed by atoms with E-state index in [1.807, 2.05) is 72.6 Å². The summed E-state index contributed by atoms with van der Waals surface area (Å²) >= 11 is 0. The van der Waals surface area contributed by atoms with E-state index >= 15 is 0 Å². The molecule has 0 radical (unpaired) electrons. The highest BCUT2D eigenvalue weighted by Gasteiger charge is 2.51. The summed E-state index contributed by atoms with van der Waals surface area (Å²) in [5.41, 5.74) is 1.98. The van der Waals surface area contributed by atoms with Gasteiger partial charge in [0.1, 0.15) is 11.5 Å². The van der Waals surface area contributed by atoms with Crippen LogP contribution in [0.5, 0.6) is 11.5 Å². The monoisotopic (exact) mass is 432 g/mol. The summed E-state index contributed by atoms with van der Waals surface area (Å²) in [6.07, 6.45) is 1.41. The van der Waals surface area contributed by atoms with Crippen molar-refractivity contribution < 1.29 is 14.3 Å². The molecule has 3 amide bonds. The molecule has 2 aromatic carbocycles. The van der Waals surface area contributed by atoms with Crippen molar-refractivity contribution in [1.29, 1.82) is 0 Å². The number of likely N-dealkylation sites (N-methyl/N-ethyl adjacent to an activating group) is 1. The van der Waals surface area contributed by atoms with Gasteiger partial charge in [-0.1, -0.05) is 18.2 Å². The minimum atomic E-state index is -0.530. The number of nitrogens with one attached hydrogen (secondary N) is 2. The Kier molecular flexibility index (Phi) is 4.93. The molecule has 0 bridgehead atoms. The van der Waals surface area contributed by atoms with Crippen molar-refractivity contribution in [2.24, 2.45) is 4.99 Å². The van der Waals surface area contributed by atoms with E-state index in [0.29, 0.717) is 19.0 Å². The molecule has 2 N–H and O–H groups in total. The summed E-state index contributed by atoms with van der Waals surface area (Å²) in [7, 11) is 1.65. The molecule has 1 fully saturated rings. The van der Waals surface area contributed by atoms with Gasteiger partial charge in [0.25, 0.3) is 5.91 Å². The van der Waals surface area contributed by atoms with Gasteiger partial charge in [0.15, 0.2) is 12.2 Å². The first kappa shape index (κ1) is 19.9. The number of benzene rings is 2. The largest absolute Gasteiger partial charge is 0.457 e. The number of anilines is 1. The number of ether oxygens (including phenoxy) is 1. The number of carbonyl (C=O) groups excluding carboxylic acids is 2. The van der Waals surface area contributed by atoms with Crippen LogP contribution in [0.3, 0.4) is 0 Å². The lowest BCUT2D eigenvalue weighted by Crippen LogP contribution is -2.62. The zero-order chi connectivity index (χ0) is 22.2. The van der Waals surface area contributed by atoms with Crippen LogP contribution in [-0.2, 0) is 4.79 Å². The maximum atomic E-state index is 12.4. The number of hydrogen-bond acceptors (Lipinski definition) is 7. The average Bonchev–Trinajstić information content (AvgIpc) is 3.30. The van der Waals surface area contributed by atoms with Crippen LogP contribution in [0.15, 0.2) is 71.5 Å². The Balaban J connectivity index is 1.20. The molecule has 0 saturated carbocycles. The Bertz CT molecular complexity index is 1100. The zero-order valence-electron chi connectivity index (χ0n) is 17.9. The first-order valence-corrected chi connectivity index (χ1v) is 10.5. The fourth-order valence-electron chi connectivity index (χ4n) is 4.10. The van der Waals surface area contributed by atoms with E-state index in [1.165, 1.54) is 4.90 Å². The second-order valence-corrected chi connectivity index (χ2v) is 7.89. The summed E-state index contributed by atoms with van der Waals surface area (Å²) in [6, 6.07) is 16.5. The molecule has 2 atom stereocenters. The third-order valence-corrected chi connectivity index (χ3v) is 5.77. The van der Waals surface area contributed by atoms with Gasteiger partial charge in [-0.3, -0.25) is 10.1 Å². The van der Waals surface area contributed by atoms with Gasteiger partial charge >= 0.3 is 6.03 Å². The second-order valence-electron chi connectivity index (χ2n) is 7.89. The third kappa shape index (κ3) is 3.51. The number of aliphatic imine (C=N–C) groups is 1. The number of para-hydroxylation sites is 1. The van der Waals surface area contributed by atoms with E-state index in [-0.39, 0.29) is 5.91 Å². The summed E-state index contributed by atoms with van der Waals surface area (Å²) in [4.78, 5) is 34.4. The van der Waals surface area contributed by atoms with Gasteiger partial charge in [-0.15, -0.1) is 0 Å². The second kappa shape index (κ2) is 7.92. The van der Waals surface area contributed by atoms with E-state index in [0.717, 1.165) is 22.9 Å². The van der Waals surface area contributed by atoms with Crippen LogP contribution >= 0.6 is 0 Å². The average molecular weight is 432 g/mol. The molecule has 2 unspecified atom stereocenters. The van der Waals surface area contributed by atoms with Crippen molar-refractivity contribution in [3.63, 3.8) is 0 Å².